The molecular weight excluding hydrogens is 898 g/mol. The molecule has 0 atom stereocenters. The highest BCUT2D eigenvalue weighted by Crippen LogP contribution is 2.47. The maximum atomic E-state index is 13.3. The van der Waals surface area contributed by atoms with Gasteiger partial charge in [-0.3, -0.25) is 14.4 Å². The summed E-state index contributed by atoms with van der Waals surface area (Å²) in [6.45, 7) is 5.30. The highest BCUT2D eigenvalue weighted by molar-refractivity contribution is 6.30. The Hall–Kier alpha value is -6.34. The number of hydrogen-bond donors (Lipinski definition) is 0. The molecule has 0 fully saturated rings. The van der Waals surface area contributed by atoms with E-state index in [4.69, 9.17) is 49.5 Å². The van der Waals surface area contributed by atoms with Gasteiger partial charge in [-0.1, -0.05) is 67.9 Å². The molecule has 1 aromatic heterocycles. The van der Waals surface area contributed by atoms with Crippen LogP contribution in [0.25, 0.3) is 22.3 Å². The van der Waals surface area contributed by atoms with Crippen LogP contribution in [0.3, 0.4) is 0 Å². The van der Waals surface area contributed by atoms with Gasteiger partial charge in [-0.05, 0) is 35.1 Å². The van der Waals surface area contributed by atoms with Gasteiger partial charge in [-0.2, -0.15) is 0 Å². The maximum Gasteiger partial charge on any atom is 0.331 e. The Labute approximate surface area is 393 Å². The van der Waals surface area contributed by atoms with Crippen LogP contribution in [-0.4, -0.2) is 133 Å². The summed E-state index contributed by atoms with van der Waals surface area (Å²) in [4.78, 5) is 84.1. The van der Waals surface area contributed by atoms with Crippen molar-refractivity contribution >= 4 is 53.4 Å². The molecule has 2 aromatic carbocycles. The number of esters is 7. The molecule has 0 amide bonds. The number of hydrogen-bond acceptors (Lipinski definition) is 17. The first kappa shape index (κ1) is 53.3. The van der Waals surface area contributed by atoms with E-state index in [2.05, 4.69) is 40.0 Å². The number of rotatable bonds is 28. The third kappa shape index (κ3) is 18.8. The topological polar surface area (TPSA) is 217 Å². The van der Waals surface area contributed by atoms with E-state index in [1.807, 2.05) is 42.5 Å². The summed E-state index contributed by atoms with van der Waals surface area (Å²) < 4.78 is 53.3. The number of nitrogens with zero attached hydrogens (tertiary/aromatic N) is 1. The van der Waals surface area contributed by atoms with Crippen LogP contribution in [0.4, 0.5) is 0 Å². The van der Waals surface area contributed by atoms with Crippen molar-refractivity contribution < 1.29 is 80.9 Å². The predicted octanol–water partition coefficient (Wildman–Crippen LogP) is 4.97. The first-order chi connectivity index (χ1) is 32.2. The summed E-state index contributed by atoms with van der Waals surface area (Å²) in [5, 5.41) is 0.632. The average molecular weight is 954 g/mol. The molecule has 362 valence electrons. The summed E-state index contributed by atoms with van der Waals surface area (Å²) >= 11 is 6.25. The van der Waals surface area contributed by atoms with Gasteiger partial charge in [0.05, 0.1) is 73.1 Å². The van der Waals surface area contributed by atoms with Gasteiger partial charge in [0.1, 0.15) is 26.4 Å². The first-order valence-electron chi connectivity index (χ1n) is 21.3. The minimum atomic E-state index is -1.30. The van der Waals surface area contributed by atoms with Gasteiger partial charge in [0.15, 0.2) is 6.10 Å². The van der Waals surface area contributed by atoms with Crippen molar-refractivity contribution in [3.8, 4) is 22.3 Å². The Morgan fingerprint density at radius 3 is 1.61 bits per heavy atom. The summed E-state index contributed by atoms with van der Waals surface area (Å²) in [6.07, 6.45) is 2.06. The highest BCUT2D eigenvalue weighted by Gasteiger charge is 2.36. The Morgan fingerprint density at radius 2 is 1.07 bits per heavy atom. The molecule has 0 bridgehead atoms. The minimum Gasteiger partial charge on any atom is -0.466 e. The molecule has 0 aliphatic carbocycles. The van der Waals surface area contributed by atoms with Crippen molar-refractivity contribution in [1.82, 2.24) is 4.57 Å². The smallest absolute Gasteiger partial charge is 0.331 e. The molecular formula is C48H56ClNO17. The number of ether oxygens (including phenoxy) is 10. The lowest BCUT2D eigenvalue weighted by Crippen LogP contribution is -2.30. The zero-order valence-corrected chi connectivity index (χ0v) is 38.7. The highest BCUT2D eigenvalue weighted by atomic mass is 35.5. The van der Waals surface area contributed by atoms with Gasteiger partial charge in [0.2, 0.25) is 0 Å². The zero-order valence-electron chi connectivity index (χ0n) is 38.0. The molecule has 19 heteroatoms. The zero-order chi connectivity index (χ0) is 48.6. The van der Waals surface area contributed by atoms with Crippen LogP contribution >= 0.6 is 11.6 Å². The summed E-state index contributed by atoms with van der Waals surface area (Å²) in [5.74, 6) is -5.57. The fourth-order valence-corrected chi connectivity index (χ4v) is 6.84. The fourth-order valence-electron chi connectivity index (χ4n) is 6.71. The average Bonchev–Trinajstić information content (AvgIpc) is 3.78. The van der Waals surface area contributed by atoms with Gasteiger partial charge in [0, 0.05) is 58.4 Å². The number of halogens is 1. The van der Waals surface area contributed by atoms with Crippen LogP contribution < -0.4 is 0 Å². The molecule has 1 aliphatic rings. The van der Waals surface area contributed by atoms with Crippen molar-refractivity contribution in [2.24, 2.45) is 5.41 Å². The number of benzene rings is 2. The maximum absolute atomic E-state index is 13.3. The van der Waals surface area contributed by atoms with Crippen molar-refractivity contribution in [2.45, 2.75) is 52.2 Å². The molecule has 0 spiro atoms. The lowest BCUT2D eigenvalue weighted by atomic mass is 9.86. The molecule has 18 nitrogen and oxygen atoms in total. The molecule has 4 rings (SSSR count). The van der Waals surface area contributed by atoms with Crippen molar-refractivity contribution in [2.75, 3.05) is 80.3 Å². The molecule has 67 heavy (non-hydrogen) atoms. The minimum absolute atomic E-state index is 0.0281. The third-order valence-corrected chi connectivity index (χ3v) is 9.96. The van der Waals surface area contributed by atoms with E-state index in [1.165, 1.54) is 5.69 Å². The van der Waals surface area contributed by atoms with Crippen LogP contribution in [0, 0.1) is 5.41 Å². The second-order valence-corrected chi connectivity index (χ2v) is 15.9. The summed E-state index contributed by atoms with van der Waals surface area (Å²) in [6, 6.07) is 17.9. The molecule has 0 unspecified atom stereocenters. The number of carbonyl (C=O) groups excluding carboxylic acids is 7. The van der Waals surface area contributed by atoms with E-state index in [9.17, 15) is 33.6 Å². The van der Waals surface area contributed by atoms with Crippen LogP contribution in [0.15, 0.2) is 78.9 Å². The Balaban J connectivity index is 1.08. The van der Waals surface area contributed by atoms with Crippen molar-refractivity contribution in [1.29, 1.82) is 0 Å². The largest absolute Gasteiger partial charge is 0.466 e. The first-order valence-corrected chi connectivity index (χ1v) is 21.7. The van der Waals surface area contributed by atoms with E-state index in [1.54, 1.807) is 0 Å². The molecule has 0 N–H and O–H groups in total. The fraction of sp³-hybridized carbons (Fsp3) is 0.438. The molecule has 0 saturated heterocycles. The van der Waals surface area contributed by atoms with Gasteiger partial charge < -0.3 is 51.9 Å². The van der Waals surface area contributed by atoms with Gasteiger partial charge in [-0.25, -0.2) is 19.2 Å². The number of fused-ring (bicyclic) bond motifs is 1. The lowest BCUT2D eigenvalue weighted by Gasteiger charge is -2.19. The lowest BCUT2D eigenvalue weighted by molar-refractivity contribution is -0.165. The summed E-state index contributed by atoms with van der Waals surface area (Å²) in [7, 11) is 2.22. The Morgan fingerprint density at radius 1 is 0.597 bits per heavy atom. The monoisotopic (exact) mass is 953 g/mol. The summed E-state index contributed by atoms with van der Waals surface area (Å²) in [5.41, 5.74) is 6.34. The van der Waals surface area contributed by atoms with Crippen LogP contribution in [0.2, 0.25) is 5.02 Å². The third-order valence-electron chi connectivity index (χ3n) is 9.71. The normalized spacial score (nSPS) is 12.7. The standard InChI is InChI=1S/C48H56ClNO17/c1-48(2)29-38-47(33-8-6-5-7-9-33)46(34-10-12-35(49)13-11-34)37(50(38)32-48)28-45(57)64-27-25-62-23-21-60-20-22-61-24-26-63-41(53)18-19-44(56)67-36(30-65-42(54)16-14-39(51)58-3)31-66-43(55)17-15-40(52)59-4/h5-17,36H,18-32H2,1-4H3/b16-14+,17-15+. The van der Waals surface area contributed by atoms with E-state index < -0.39 is 61.6 Å². The second-order valence-electron chi connectivity index (χ2n) is 15.5. The van der Waals surface area contributed by atoms with Crippen LogP contribution in [0.5, 0.6) is 0 Å². The van der Waals surface area contributed by atoms with Crippen molar-refractivity contribution in [3.63, 3.8) is 0 Å². The molecule has 2 heterocycles. The van der Waals surface area contributed by atoms with Gasteiger partial charge in [0.25, 0.3) is 0 Å². The molecule has 0 saturated carbocycles. The van der Waals surface area contributed by atoms with E-state index in [0.29, 0.717) is 5.02 Å². The van der Waals surface area contributed by atoms with E-state index in [-0.39, 0.29) is 77.1 Å². The van der Waals surface area contributed by atoms with Crippen molar-refractivity contribution in [3.05, 3.63) is 95.3 Å². The number of methoxy groups -OCH3 is 2. The second kappa shape index (κ2) is 28.0. The van der Waals surface area contributed by atoms with Crippen LogP contribution in [-0.2, 0) is 100 Å². The Bertz CT molecular complexity index is 2150. The SMILES string of the molecule is COC(=O)/C=C/C(=O)OCC(COC(=O)/C=C/C(=O)OC)OC(=O)CCC(=O)OCCOCCOCCOCCOC(=O)Cc1c(-c2ccc(Cl)cc2)c(-c2ccccc2)c2n1CC(C)(C)C2. The van der Waals surface area contributed by atoms with E-state index in [0.717, 1.165) is 79.4 Å². The van der Waals surface area contributed by atoms with Crippen LogP contribution in [0.1, 0.15) is 38.1 Å². The predicted molar refractivity (Wildman–Crippen MR) is 239 cm³/mol. The quantitative estimate of drug-likeness (QED) is 0.0406. The molecule has 0 radical (unpaired) electrons. The number of carbonyl (C=O) groups is 7. The number of aromatic nitrogens is 1. The van der Waals surface area contributed by atoms with Gasteiger partial charge >= 0.3 is 41.8 Å². The molecule has 1 aliphatic heterocycles. The van der Waals surface area contributed by atoms with Gasteiger partial charge in [-0.15, -0.1) is 0 Å². The molecule has 3 aromatic rings. The van der Waals surface area contributed by atoms with E-state index >= 15 is 0 Å². The Kier molecular flexibility index (Phi) is 22.2.